The molecule has 5 nitrogen and oxygen atoms in total. The number of aliphatic carboxylic acids is 1. The fourth-order valence-corrected chi connectivity index (χ4v) is 2.12. The van der Waals surface area contributed by atoms with E-state index in [0.29, 0.717) is 13.0 Å². The number of carboxylic acid groups (broad SMARTS) is 1. The van der Waals surface area contributed by atoms with Gasteiger partial charge in [0.05, 0.1) is 5.92 Å². The van der Waals surface area contributed by atoms with E-state index in [1.807, 2.05) is 0 Å². The number of carboxylic acids is 1. The minimum atomic E-state index is -0.824. The molecular formula is C11H19NO4. The van der Waals surface area contributed by atoms with Crippen molar-refractivity contribution in [1.29, 1.82) is 0 Å². The van der Waals surface area contributed by atoms with Gasteiger partial charge in [0.2, 0.25) is 0 Å². The highest BCUT2D eigenvalue weighted by atomic mass is 16.5. The monoisotopic (exact) mass is 229 g/mol. The molecule has 0 unspecified atom stereocenters. The molecule has 16 heavy (non-hydrogen) atoms. The summed E-state index contributed by atoms with van der Waals surface area (Å²) < 4.78 is 4.97. The Morgan fingerprint density at radius 3 is 2.62 bits per heavy atom. The van der Waals surface area contributed by atoms with Gasteiger partial charge in [-0.1, -0.05) is 0 Å². The molecule has 1 rings (SSSR count). The number of rotatable bonds is 3. The van der Waals surface area contributed by atoms with Crippen LogP contribution in [0.3, 0.4) is 0 Å². The largest absolute Gasteiger partial charge is 0.481 e. The maximum absolute atomic E-state index is 11.9. The lowest BCUT2D eigenvalue weighted by atomic mass is 9.90. The molecule has 0 aliphatic carbocycles. The highest BCUT2D eigenvalue weighted by molar-refractivity contribution is 5.82. The second-order valence-corrected chi connectivity index (χ2v) is 4.24. The summed E-state index contributed by atoms with van der Waals surface area (Å²) in [5, 5.41) is 9.03. The molecule has 0 aromatic carbocycles. The van der Waals surface area contributed by atoms with Crippen LogP contribution in [-0.4, -0.2) is 47.7 Å². The number of carbonyl (C=O) groups excluding carboxylic acids is 1. The Balaban J connectivity index is 2.73. The molecule has 0 saturated carbocycles. The Morgan fingerprint density at radius 2 is 2.12 bits per heavy atom. The van der Waals surface area contributed by atoms with Crippen LogP contribution in [0.5, 0.6) is 0 Å². The third-order valence-corrected chi connectivity index (χ3v) is 3.29. The van der Waals surface area contributed by atoms with E-state index < -0.39 is 18.0 Å². The first-order valence-electron chi connectivity index (χ1n) is 5.55. The molecule has 92 valence electrons. The van der Waals surface area contributed by atoms with Gasteiger partial charge in [0.25, 0.3) is 5.91 Å². The summed E-state index contributed by atoms with van der Waals surface area (Å²) in [6, 6.07) is -0.253. The van der Waals surface area contributed by atoms with Crippen molar-refractivity contribution in [2.45, 2.75) is 38.8 Å². The number of hydrogen-bond acceptors (Lipinski definition) is 3. The molecule has 1 aliphatic rings. The lowest BCUT2D eigenvalue weighted by Gasteiger charge is -2.38. The molecule has 3 atom stereocenters. The van der Waals surface area contributed by atoms with Gasteiger partial charge in [-0.15, -0.1) is 0 Å². The normalized spacial score (nSPS) is 27.6. The molecule has 0 radical (unpaired) electrons. The van der Waals surface area contributed by atoms with E-state index in [9.17, 15) is 9.59 Å². The molecule has 1 N–H and O–H groups in total. The summed E-state index contributed by atoms with van der Waals surface area (Å²) in [5.41, 5.74) is 0. The van der Waals surface area contributed by atoms with E-state index >= 15 is 0 Å². The highest BCUT2D eigenvalue weighted by Crippen LogP contribution is 2.24. The van der Waals surface area contributed by atoms with E-state index in [4.69, 9.17) is 9.84 Å². The van der Waals surface area contributed by atoms with Crippen LogP contribution in [0.15, 0.2) is 0 Å². The summed E-state index contributed by atoms with van der Waals surface area (Å²) >= 11 is 0. The van der Waals surface area contributed by atoms with E-state index in [2.05, 4.69) is 0 Å². The second-order valence-electron chi connectivity index (χ2n) is 4.24. The topological polar surface area (TPSA) is 66.8 Å². The summed E-state index contributed by atoms with van der Waals surface area (Å²) in [4.78, 5) is 24.5. The lowest BCUT2D eigenvalue weighted by molar-refractivity contribution is -0.153. The minimum Gasteiger partial charge on any atom is -0.481 e. The molecule has 5 heteroatoms. The zero-order valence-corrected chi connectivity index (χ0v) is 9.97. The van der Waals surface area contributed by atoms with E-state index in [1.165, 1.54) is 7.11 Å². The van der Waals surface area contributed by atoms with Crippen LogP contribution >= 0.6 is 0 Å². The van der Waals surface area contributed by atoms with Crippen LogP contribution in [0, 0.1) is 5.92 Å². The third-order valence-electron chi connectivity index (χ3n) is 3.29. The number of amides is 1. The van der Waals surface area contributed by atoms with Crippen molar-refractivity contribution < 1.29 is 19.4 Å². The lowest BCUT2D eigenvalue weighted by Crippen LogP contribution is -2.52. The van der Waals surface area contributed by atoms with Crippen LogP contribution in [0.1, 0.15) is 26.7 Å². The molecule has 0 aromatic heterocycles. The van der Waals surface area contributed by atoms with Crippen LogP contribution in [-0.2, 0) is 14.3 Å². The quantitative estimate of drug-likeness (QED) is 0.774. The fraction of sp³-hybridized carbons (Fsp3) is 0.818. The number of likely N-dealkylation sites (tertiary alicyclic amines) is 1. The van der Waals surface area contributed by atoms with Gasteiger partial charge in [0.15, 0.2) is 0 Å². The van der Waals surface area contributed by atoms with Crippen molar-refractivity contribution in [2.24, 2.45) is 5.92 Å². The molecule has 1 heterocycles. The second kappa shape index (κ2) is 5.30. The first kappa shape index (κ1) is 13.0. The van der Waals surface area contributed by atoms with Gasteiger partial charge < -0.3 is 14.7 Å². The number of ether oxygens (including phenoxy) is 1. The van der Waals surface area contributed by atoms with Crippen molar-refractivity contribution in [3.05, 3.63) is 0 Å². The smallest absolute Gasteiger partial charge is 0.308 e. The fourth-order valence-electron chi connectivity index (χ4n) is 2.12. The Morgan fingerprint density at radius 1 is 1.50 bits per heavy atom. The van der Waals surface area contributed by atoms with E-state index in [1.54, 1.807) is 18.7 Å². The number of piperidine rings is 1. The Hall–Kier alpha value is -1.10. The first-order chi connectivity index (χ1) is 7.49. The molecule has 1 aliphatic heterocycles. The third kappa shape index (κ3) is 2.52. The van der Waals surface area contributed by atoms with Gasteiger partial charge in [-0.25, -0.2) is 0 Å². The molecule has 0 bridgehead atoms. The molecule has 0 aromatic rings. The summed E-state index contributed by atoms with van der Waals surface area (Å²) in [6.07, 6.45) is 0.875. The number of carbonyl (C=O) groups is 2. The average molecular weight is 229 g/mol. The zero-order chi connectivity index (χ0) is 12.3. The van der Waals surface area contributed by atoms with Crippen molar-refractivity contribution in [3.8, 4) is 0 Å². The van der Waals surface area contributed by atoms with Gasteiger partial charge in [0, 0.05) is 19.7 Å². The first-order valence-corrected chi connectivity index (χ1v) is 5.55. The van der Waals surface area contributed by atoms with Gasteiger partial charge in [-0.3, -0.25) is 9.59 Å². The highest BCUT2D eigenvalue weighted by Gasteiger charge is 2.36. The molecular weight excluding hydrogens is 210 g/mol. The standard InChI is InChI=1S/C11H19NO4/c1-7-9(11(14)15)5-4-6-12(7)10(13)8(2)16-3/h7-9H,4-6H2,1-3H3,(H,14,15)/t7-,8-,9-/m0/s1. The Kier molecular flexibility index (Phi) is 4.29. The Bertz CT molecular complexity index is 279. The van der Waals surface area contributed by atoms with Gasteiger partial charge in [-0.2, -0.15) is 0 Å². The van der Waals surface area contributed by atoms with E-state index in [0.717, 1.165) is 6.42 Å². The van der Waals surface area contributed by atoms with Crippen LogP contribution < -0.4 is 0 Å². The van der Waals surface area contributed by atoms with Gasteiger partial charge >= 0.3 is 5.97 Å². The minimum absolute atomic E-state index is 0.124. The zero-order valence-electron chi connectivity index (χ0n) is 9.97. The van der Waals surface area contributed by atoms with Gasteiger partial charge in [0.1, 0.15) is 6.10 Å². The predicted molar refractivity (Wildman–Crippen MR) is 58.0 cm³/mol. The maximum Gasteiger partial charge on any atom is 0.308 e. The molecule has 1 fully saturated rings. The van der Waals surface area contributed by atoms with Gasteiger partial charge in [-0.05, 0) is 26.7 Å². The number of hydrogen-bond donors (Lipinski definition) is 1. The van der Waals surface area contributed by atoms with Crippen LogP contribution in [0.4, 0.5) is 0 Å². The van der Waals surface area contributed by atoms with Crippen molar-refractivity contribution in [3.63, 3.8) is 0 Å². The predicted octanol–water partition coefficient (Wildman–Crippen LogP) is 0.733. The molecule has 0 spiro atoms. The van der Waals surface area contributed by atoms with Crippen molar-refractivity contribution in [1.82, 2.24) is 4.90 Å². The summed E-state index contributed by atoms with van der Waals surface area (Å²) in [6.45, 7) is 4.09. The average Bonchev–Trinajstić information content (AvgIpc) is 2.27. The number of methoxy groups -OCH3 is 1. The maximum atomic E-state index is 11.9. The summed E-state index contributed by atoms with van der Waals surface area (Å²) in [7, 11) is 1.48. The summed E-state index contributed by atoms with van der Waals surface area (Å²) in [5.74, 6) is -1.40. The van der Waals surface area contributed by atoms with Crippen molar-refractivity contribution >= 4 is 11.9 Å². The van der Waals surface area contributed by atoms with Crippen molar-refractivity contribution in [2.75, 3.05) is 13.7 Å². The molecule has 1 saturated heterocycles. The number of nitrogens with zero attached hydrogens (tertiary/aromatic N) is 1. The molecule has 1 amide bonds. The Labute approximate surface area is 95.4 Å². The van der Waals surface area contributed by atoms with Crippen LogP contribution in [0.2, 0.25) is 0 Å². The SMILES string of the molecule is CO[C@@H](C)C(=O)N1CCC[C@H](C(=O)O)[C@@H]1C. The van der Waals surface area contributed by atoms with Crippen LogP contribution in [0.25, 0.3) is 0 Å². The van der Waals surface area contributed by atoms with E-state index in [-0.39, 0.29) is 11.9 Å².